The van der Waals surface area contributed by atoms with E-state index < -0.39 is 11.8 Å². The normalized spacial score (nSPS) is 13.3. The van der Waals surface area contributed by atoms with Crippen molar-refractivity contribution in [3.05, 3.63) is 56.5 Å². The summed E-state index contributed by atoms with van der Waals surface area (Å²) in [6.07, 6.45) is 0. The van der Waals surface area contributed by atoms with Gasteiger partial charge in [0.2, 0.25) is 0 Å². The van der Waals surface area contributed by atoms with Crippen molar-refractivity contribution in [2.24, 2.45) is 0 Å². The quantitative estimate of drug-likeness (QED) is 0.582. The van der Waals surface area contributed by atoms with E-state index in [1.807, 2.05) is 0 Å². The van der Waals surface area contributed by atoms with Crippen LogP contribution in [0.15, 0.2) is 30.3 Å². The van der Waals surface area contributed by atoms with Crippen molar-refractivity contribution in [3.8, 4) is 11.1 Å². The Kier molecular flexibility index (Phi) is 3.21. The first-order chi connectivity index (χ1) is 9.49. The Morgan fingerprint density at radius 1 is 0.750 bits per heavy atom. The van der Waals surface area contributed by atoms with Crippen LogP contribution >= 0.6 is 34.8 Å². The number of halogens is 3. The fraction of sp³-hybridized carbons (Fsp3) is 0. The lowest BCUT2D eigenvalue weighted by atomic mass is 9.96. The summed E-state index contributed by atoms with van der Waals surface area (Å²) in [4.78, 5) is 23.4. The number of benzene rings is 2. The second-order valence-electron chi connectivity index (χ2n) is 4.20. The molecular formula is C14H5Cl3NO2. The molecule has 1 aliphatic heterocycles. The van der Waals surface area contributed by atoms with Gasteiger partial charge in [-0.2, -0.15) is 5.32 Å². The smallest absolute Gasteiger partial charge is 0.267 e. The minimum Gasteiger partial charge on any atom is -0.267 e. The molecule has 0 N–H and O–H groups in total. The van der Waals surface area contributed by atoms with E-state index in [0.29, 0.717) is 26.2 Å². The molecule has 3 rings (SSSR count). The number of nitrogens with zero attached hydrogens (tertiary/aromatic N) is 1. The summed E-state index contributed by atoms with van der Waals surface area (Å²) in [7, 11) is 0. The van der Waals surface area contributed by atoms with Crippen molar-refractivity contribution >= 4 is 46.6 Å². The molecule has 0 fully saturated rings. The maximum atomic E-state index is 11.8. The molecule has 3 nitrogen and oxygen atoms in total. The lowest BCUT2D eigenvalue weighted by Gasteiger charge is -2.09. The summed E-state index contributed by atoms with van der Waals surface area (Å²) >= 11 is 18.0. The maximum absolute atomic E-state index is 11.8. The molecule has 0 unspecified atom stereocenters. The largest absolute Gasteiger partial charge is 0.281 e. The van der Waals surface area contributed by atoms with E-state index in [4.69, 9.17) is 34.8 Å². The molecule has 0 bridgehead atoms. The van der Waals surface area contributed by atoms with Crippen LogP contribution in [0.1, 0.15) is 20.7 Å². The molecule has 1 radical (unpaired) electrons. The van der Waals surface area contributed by atoms with E-state index in [-0.39, 0.29) is 11.1 Å². The van der Waals surface area contributed by atoms with Crippen molar-refractivity contribution in [1.82, 2.24) is 5.32 Å². The molecule has 2 aromatic rings. The zero-order chi connectivity index (χ0) is 14.4. The number of imide groups is 1. The van der Waals surface area contributed by atoms with Crippen molar-refractivity contribution in [2.45, 2.75) is 0 Å². The average molecular weight is 326 g/mol. The first kappa shape index (κ1) is 13.4. The minimum absolute atomic E-state index is 0.248. The number of fused-ring (bicyclic) bond motifs is 1. The highest BCUT2D eigenvalue weighted by molar-refractivity contribution is 6.44. The molecule has 2 aromatic carbocycles. The number of carbonyl (C=O) groups excluding carboxylic acids is 2. The number of hydrogen-bond donors (Lipinski definition) is 0. The van der Waals surface area contributed by atoms with Gasteiger partial charge in [-0.25, -0.2) is 0 Å². The fourth-order valence-corrected chi connectivity index (χ4v) is 2.77. The molecule has 1 aliphatic rings. The molecule has 0 saturated heterocycles. The lowest BCUT2D eigenvalue weighted by molar-refractivity contribution is 0.0873. The summed E-state index contributed by atoms with van der Waals surface area (Å²) in [6.45, 7) is 0. The van der Waals surface area contributed by atoms with Crippen molar-refractivity contribution in [2.75, 3.05) is 0 Å². The van der Waals surface area contributed by atoms with E-state index in [2.05, 4.69) is 5.32 Å². The highest BCUT2D eigenvalue weighted by atomic mass is 35.5. The van der Waals surface area contributed by atoms with Crippen LogP contribution in [0, 0.1) is 0 Å². The second-order valence-corrected chi connectivity index (χ2v) is 5.42. The third-order valence-corrected chi connectivity index (χ3v) is 4.05. The maximum Gasteiger partial charge on any atom is 0.281 e. The van der Waals surface area contributed by atoms with Gasteiger partial charge in [0.15, 0.2) is 0 Å². The Morgan fingerprint density at radius 3 is 2.15 bits per heavy atom. The second kappa shape index (κ2) is 4.77. The summed E-state index contributed by atoms with van der Waals surface area (Å²) in [5.41, 5.74) is 1.58. The molecule has 0 aliphatic carbocycles. The SMILES string of the molecule is O=C1[N]C(=O)c2c1cccc2-c1cc(Cl)c(Cl)cc1Cl. The Bertz CT molecular complexity index is 771. The van der Waals surface area contributed by atoms with Gasteiger partial charge in [-0.3, -0.25) is 9.59 Å². The Morgan fingerprint density at radius 2 is 1.40 bits per heavy atom. The average Bonchev–Trinajstić information content (AvgIpc) is 2.70. The van der Waals surface area contributed by atoms with Gasteiger partial charge in [0.1, 0.15) is 0 Å². The summed E-state index contributed by atoms with van der Waals surface area (Å²) in [5, 5.41) is 4.42. The molecule has 0 spiro atoms. The molecule has 2 amide bonds. The molecule has 20 heavy (non-hydrogen) atoms. The first-order valence-corrected chi connectivity index (χ1v) is 6.71. The molecule has 1 heterocycles. The van der Waals surface area contributed by atoms with Crippen LogP contribution in [0.4, 0.5) is 0 Å². The molecule has 99 valence electrons. The van der Waals surface area contributed by atoms with Crippen LogP contribution in [0.3, 0.4) is 0 Å². The van der Waals surface area contributed by atoms with E-state index >= 15 is 0 Å². The van der Waals surface area contributed by atoms with Gasteiger partial charge in [0, 0.05) is 5.56 Å². The third-order valence-electron chi connectivity index (χ3n) is 3.01. The van der Waals surface area contributed by atoms with Gasteiger partial charge in [0.25, 0.3) is 11.8 Å². The minimum atomic E-state index is -0.567. The van der Waals surface area contributed by atoms with Gasteiger partial charge in [-0.05, 0) is 23.8 Å². The monoisotopic (exact) mass is 324 g/mol. The zero-order valence-electron chi connectivity index (χ0n) is 9.78. The lowest BCUT2D eigenvalue weighted by Crippen LogP contribution is -2.11. The van der Waals surface area contributed by atoms with Crippen LogP contribution in [0.2, 0.25) is 15.1 Å². The Hall–Kier alpha value is -1.55. The predicted octanol–water partition coefficient (Wildman–Crippen LogP) is 4.21. The van der Waals surface area contributed by atoms with Gasteiger partial charge < -0.3 is 0 Å². The number of rotatable bonds is 1. The van der Waals surface area contributed by atoms with Gasteiger partial charge in [0.05, 0.1) is 26.2 Å². The van der Waals surface area contributed by atoms with E-state index in [9.17, 15) is 9.59 Å². The van der Waals surface area contributed by atoms with E-state index in [0.717, 1.165) is 0 Å². The van der Waals surface area contributed by atoms with Crippen molar-refractivity contribution in [1.29, 1.82) is 0 Å². The Labute approximate surface area is 129 Å². The fourth-order valence-electron chi connectivity index (χ4n) is 2.12. The third kappa shape index (κ3) is 1.99. The van der Waals surface area contributed by atoms with Crippen LogP contribution in [-0.2, 0) is 0 Å². The summed E-state index contributed by atoms with van der Waals surface area (Å²) < 4.78 is 0. The molecule has 0 saturated carbocycles. The summed E-state index contributed by atoms with van der Waals surface area (Å²) in [5.74, 6) is -1.11. The zero-order valence-corrected chi connectivity index (χ0v) is 12.1. The van der Waals surface area contributed by atoms with Crippen molar-refractivity contribution in [3.63, 3.8) is 0 Å². The van der Waals surface area contributed by atoms with Crippen molar-refractivity contribution < 1.29 is 9.59 Å². The number of amides is 2. The molecule has 6 heteroatoms. The topological polar surface area (TPSA) is 48.2 Å². The van der Waals surface area contributed by atoms with Crippen LogP contribution in [-0.4, -0.2) is 11.8 Å². The van der Waals surface area contributed by atoms with E-state index in [1.165, 1.54) is 6.07 Å². The summed E-state index contributed by atoms with van der Waals surface area (Å²) in [6, 6.07) is 7.98. The molecule has 0 aromatic heterocycles. The highest BCUT2D eigenvalue weighted by Gasteiger charge is 2.32. The van der Waals surface area contributed by atoms with E-state index in [1.54, 1.807) is 24.3 Å². The predicted molar refractivity (Wildman–Crippen MR) is 77.7 cm³/mol. The number of carbonyl (C=O) groups is 2. The molecule has 0 atom stereocenters. The standard InChI is InChI=1S/C14H5Cl3NO2/c15-9-5-11(17)10(16)4-8(9)6-2-1-3-7-12(6)14(20)18-13(7)19/h1-5H. The van der Waals surface area contributed by atoms with Crippen LogP contribution < -0.4 is 5.32 Å². The van der Waals surface area contributed by atoms with Crippen LogP contribution in [0.25, 0.3) is 11.1 Å². The van der Waals surface area contributed by atoms with Gasteiger partial charge in [-0.1, -0.05) is 46.9 Å². The Balaban J connectivity index is 2.30. The first-order valence-electron chi connectivity index (χ1n) is 5.57. The van der Waals surface area contributed by atoms with Crippen LogP contribution in [0.5, 0.6) is 0 Å². The number of hydrogen-bond acceptors (Lipinski definition) is 2. The highest BCUT2D eigenvalue weighted by Crippen LogP contribution is 2.38. The molecular weight excluding hydrogens is 321 g/mol. The van der Waals surface area contributed by atoms with Gasteiger partial charge >= 0.3 is 0 Å². The van der Waals surface area contributed by atoms with Gasteiger partial charge in [-0.15, -0.1) is 0 Å².